The molecule has 3 heterocycles. The fourth-order valence-corrected chi connectivity index (χ4v) is 3.69. The molecular weight excluding hydrogens is 389 g/mol. The number of aromatic nitrogens is 2. The SMILES string of the molecule is C[C@H]1Cc2nn3c(c2CN1C(=O)Nc1ccc(F)c(Cl)c1)C(=O)N(C)OCC3. The van der Waals surface area contributed by atoms with Crippen molar-refractivity contribution in [1.82, 2.24) is 19.7 Å². The summed E-state index contributed by atoms with van der Waals surface area (Å²) in [6, 6.07) is 3.53. The average Bonchev–Trinajstić information content (AvgIpc) is 2.93. The number of hydroxylamine groups is 2. The third-order valence-corrected chi connectivity index (χ3v) is 5.28. The van der Waals surface area contributed by atoms with Gasteiger partial charge in [-0.2, -0.15) is 5.10 Å². The number of nitrogens with one attached hydrogen (secondary N) is 1. The smallest absolute Gasteiger partial charge is 0.317 e. The Morgan fingerprint density at radius 2 is 2.21 bits per heavy atom. The Labute approximate surface area is 165 Å². The summed E-state index contributed by atoms with van der Waals surface area (Å²) in [5.41, 5.74) is 2.39. The monoisotopic (exact) mass is 407 g/mol. The van der Waals surface area contributed by atoms with Crippen LogP contribution in [0, 0.1) is 5.82 Å². The van der Waals surface area contributed by atoms with E-state index in [1.54, 1.807) is 16.6 Å². The molecule has 0 saturated heterocycles. The zero-order valence-corrected chi connectivity index (χ0v) is 16.2. The minimum atomic E-state index is -0.553. The van der Waals surface area contributed by atoms with Crippen LogP contribution in [0.4, 0.5) is 14.9 Å². The Bertz CT molecular complexity index is 963. The fraction of sp³-hybridized carbons (Fsp3) is 0.389. The number of carbonyl (C=O) groups excluding carboxylic acids is 2. The molecule has 2 aromatic rings. The molecule has 0 unspecified atom stereocenters. The van der Waals surface area contributed by atoms with Crippen LogP contribution in [0.5, 0.6) is 0 Å². The molecule has 8 nitrogen and oxygen atoms in total. The highest BCUT2D eigenvalue weighted by Crippen LogP contribution is 2.28. The molecule has 0 bridgehead atoms. The largest absolute Gasteiger partial charge is 0.322 e. The lowest BCUT2D eigenvalue weighted by molar-refractivity contribution is -0.103. The predicted octanol–water partition coefficient (Wildman–Crippen LogP) is 2.67. The molecule has 0 saturated carbocycles. The minimum Gasteiger partial charge on any atom is -0.317 e. The van der Waals surface area contributed by atoms with E-state index in [9.17, 15) is 14.0 Å². The number of carbonyl (C=O) groups is 2. The van der Waals surface area contributed by atoms with Crippen LogP contribution in [0.15, 0.2) is 18.2 Å². The summed E-state index contributed by atoms with van der Waals surface area (Å²) < 4.78 is 15.0. The van der Waals surface area contributed by atoms with Crippen LogP contribution < -0.4 is 5.32 Å². The average molecular weight is 408 g/mol. The van der Waals surface area contributed by atoms with E-state index in [0.29, 0.717) is 31.0 Å². The molecule has 2 aliphatic rings. The summed E-state index contributed by atoms with van der Waals surface area (Å²) in [5.74, 6) is -0.838. The van der Waals surface area contributed by atoms with E-state index in [2.05, 4.69) is 10.4 Å². The topological polar surface area (TPSA) is 79.7 Å². The van der Waals surface area contributed by atoms with E-state index in [4.69, 9.17) is 16.4 Å². The summed E-state index contributed by atoms with van der Waals surface area (Å²) in [6.07, 6.45) is 0.533. The van der Waals surface area contributed by atoms with Gasteiger partial charge in [-0.25, -0.2) is 14.2 Å². The van der Waals surface area contributed by atoms with Gasteiger partial charge < -0.3 is 10.2 Å². The van der Waals surface area contributed by atoms with Crippen LogP contribution in [0.1, 0.15) is 28.7 Å². The highest BCUT2D eigenvalue weighted by molar-refractivity contribution is 6.31. The summed E-state index contributed by atoms with van der Waals surface area (Å²) in [7, 11) is 1.56. The molecule has 2 aliphatic heterocycles. The predicted molar refractivity (Wildman–Crippen MR) is 99.4 cm³/mol. The van der Waals surface area contributed by atoms with Crippen LogP contribution in [0.25, 0.3) is 0 Å². The van der Waals surface area contributed by atoms with Crippen molar-refractivity contribution in [3.05, 3.63) is 46.0 Å². The molecule has 4 rings (SSSR count). The molecule has 148 valence electrons. The summed E-state index contributed by atoms with van der Waals surface area (Å²) in [6.45, 7) is 2.97. The number of rotatable bonds is 1. The molecule has 0 spiro atoms. The van der Waals surface area contributed by atoms with Gasteiger partial charge in [-0.1, -0.05) is 11.6 Å². The van der Waals surface area contributed by atoms with Crippen molar-refractivity contribution in [2.24, 2.45) is 0 Å². The van der Waals surface area contributed by atoms with Gasteiger partial charge in [-0.3, -0.25) is 14.3 Å². The number of nitrogens with zero attached hydrogens (tertiary/aromatic N) is 4. The Hall–Kier alpha value is -2.65. The van der Waals surface area contributed by atoms with E-state index >= 15 is 0 Å². The Balaban J connectivity index is 1.60. The van der Waals surface area contributed by atoms with E-state index in [1.165, 1.54) is 23.3 Å². The zero-order valence-electron chi connectivity index (χ0n) is 15.4. The molecule has 0 fully saturated rings. The highest BCUT2D eigenvalue weighted by Gasteiger charge is 2.35. The molecule has 10 heteroatoms. The zero-order chi connectivity index (χ0) is 20.0. The Morgan fingerprint density at radius 3 is 2.96 bits per heavy atom. The lowest BCUT2D eigenvalue weighted by atomic mass is 9.99. The maximum Gasteiger partial charge on any atom is 0.322 e. The van der Waals surface area contributed by atoms with Gasteiger partial charge in [0.1, 0.15) is 11.5 Å². The van der Waals surface area contributed by atoms with Gasteiger partial charge in [-0.05, 0) is 25.1 Å². The number of urea groups is 1. The number of benzene rings is 1. The number of halogens is 2. The Kier molecular flexibility index (Phi) is 4.72. The normalized spacial score (nSPS) is 19.1. The third kappa shape index (κ3) is 3.20. The first-order chi connectivity index (χ1) is 13.3. The van der Waals surface area contributed by atoms with Gasteiger partial charge >= 0.3 is 6.03 Å². The van der Waals surface area contributed by atoms with Crippen LogP contribution in [0.3, 0.4) is 0 Å². The number of hydrogen-bond acceptors (Lipinski definition) is 4. The van der Waals surface area contributed by atoms with Crippen molar-refractivity contribution in [2.75, 3.05) is 19.0 Å². The molecular formula is C18H19ClFN5O3. The van der Waals surface area contributed by atoms with Gasteiger partial charge in [0, 0.05) is 30.8 Å². The van der Waals surface area contributed by atoms with Crippen molar-refractivity contribution in [2.45, 2.75) is 32.5 Å². The van der Waals surface area contributed by atoms with Gasteiger partial charge in [0.15, 0.2) is 0 Å². The second kappa shape index (κ2) is 7.06. The van der Waals surface area contributed by atoms with Gasteiger partial charge in [-0.15, -0.1) is 0 Å². The van der Waals surface area contributed by atoms with Gasteiger partial charge in [0.25, 0.3) is 5.91 Å². The van der Waals surface area contributed by atoms with E-state index < -0.39 is 5.82 Å². The number of anilines is 1. The second-order valence-corrected chi connectivity index (χ2v) is 7.28. The van der Waals surface area contributed by atoms with E-state index in [1.807, 2.05) is 6.92 Å². The minimum absolute atomic E-state index is 0.0673. The molecule has 1 N–H and O–H groups in total. The van der Waals surface area contributed by atoms with E-state index in [0.717, 1.165) is 11.3 Å². The molecule has 1 atom stereocenters. The lowest BCUT2D eigenvalue weighted by Crippen LogP contribution is -2.45. The van der Waals surface area contributed by atoms with Crippen LogP contribution >= 0.6 is 11.6 Å². The molecule has 1 aromatic heterocycles. The second-order valence-electron chi connectivity index (χ2n) is 6.87. The van der Waals surface area contributed by atoms with Crippen molar-refractivity contribution in [3.63, 3.8) is 0 Å². The standard InChI is InChI=1S/C18H19ClFN5O3/c1-10-7-15-12(16-17(26)23(2)28-6-5-25(16)22-15)9-24(10)18(27)21-11-3-4-14(20)13(19)8-11/h3-4,8,10H,5-7,9H2,1-2H3,(H,21,27)/t10-/m0/s1. The van der Waals surface area contributed by atoms with Crippen molar-refractivity contribution >= 4 is 29.2 Å². The molecule has 3 amide bonds. The first-order valence-electron chi connectivity index (χ1n) is 8.87. The summed E-state index contributed by atoms with van der Waals surface area (Å²) >= 11 is 5.78. The number of fused-ring (bicyclic) bond motifs is 3. The molecule has 0 aliphatic carbocycles. The maximum atomic E-state index is 13.3. The highest BCUT2D eigenvalue weighted by atomic mass is 35.5. The Morgan fingerprint density at radius 1 is 1.43 bits per heavy atom. The molecule has 1 aromatic carbocycles. The van der Waals surface area contributed by atoms with E-state index in [-0.39, 0.29) is 29.5 Å². The van der Waals surface area contributed by atoms with Crippen LogP contribution in [-0.2, 0) is 24.3 Å². The number of hydrogen-bond donors (Lipinski definition) is 1. The summed E-state index contributed by atoms with van der Waals surface area (Å²) in [5, 5.41) is 8.42. The summed E-state index contributed by atoms with van der Waals surface area (Å²) in [4.78, 5) is 32.4. The van der Waals surface area contributed by atoms with Crippen molar-refractivity contribution in [1.29, 1.82) is 0 Å². The van der Waals surface area contributed by atoms with Crippen molar-refractivity contribution in [3.8, 4) is 0 Å². The molecule has 28 heavy (non-hydrogen) atoms. The van der Waals surface area contributed by atoms with Crippen LogP contribution in [0.2, 0.25) is 5.02 Å². The third-order valence-electron chi connectivity index (χ3n) is 4.99. The van der Waals surface area contributed by atoms with Crippen molar-refractivity contribution < 1.29 is 18.8 Å². The quantitative estimate of drug-likeness (QED) is 0.788. The van der Waals surface area contributed by atoms with Crippen LogP contribution in [-0.4, -0.2) is 51.4 Å². The maximum absolute atomic E-state index is 13.3. The fourth-order valence-electron chi connectivity index (χ4n) is 3.51. The first kappa shape index (κ1) is 18.7. The number of amides is 3. The van der Waals surface area contributed by atoms with Gasteiger partial charge in [0.05, 0.1) is 30.4 Å². The first-order valence-corrected chi connectivity index (χ1v) is 9.25. The molecule has 0 radical (unpaired) electrons. The lowest BCUT2D eigenvalue weighted by Gasteiger charge is -2.33. The van der Waals surface area contributed by atoms with Gasteiger partial charge in [0.2, 0.25) is 0 Å².